The lowest BCUT2D eigenvalue weighted by molar-refractivity contribution is 0.143. The Kier molecular flexibility index (Phi) is 5.95. The molecule has 3 aromatic carbocycles. The highest BCUT2D eigenvalue weighted by atomic mass is 16.5. The molecule has 3 aromatic rings. The molecule has 0 radical (unpaired) electrons. The molecule has 0 bridgehead atoms. The van der Waals surface area contributed by atoms with E-state index < -0.39 is 6.09 Å². The van der Waals surface area contributed by atoms with Gasteiger partial charge in [0.25, 0.3) is 0 Å². The quantitative estimate of drug-likeness (QED) is 0.354. The number of alkyl carbamates (subject to hydrolysis) is 1. The smallest absolute Gasteiger partial charge is 0.407 e. The van der Waals surface area contributed by atoms with Gasteiger partial charge in [0.1, 0.15) is 6.61 Å². The number of carbonyl (C=O) groups excluding carboxylic acids is 1. The van der Waals surface area contributed by atoms with Crippen molar-refractivity contribution in [2.24, 2.45) is 0 Å². The fraction of sp³-hybridized carbons (Fsp3) is 0.222. The van der Waals surface area contributed by atoms with Crippen LogP contribution >= 0.6 is 0 Å². The molecule has 1 aliphatic carbocycles. The van der Waals surface area contributed by atoms with E-state index in [0.29, 0.717) is 19.6 Å². The van der Waals surface area contributed by atoms with E-state index >= 15 is 0 Å². The second kappa shape index (κ2) is 8.97. The number of nitrogen functional groups attached to an aromatic ring is 1. The molecule has 0 spiro atoms. The van der Waals surface area contributed by atoms with Gasteiger partial charge in [-0.15, -0.1) is 0 Å². The molecule has 31 heavy (non-hydrogen) atoms. The Balaban J connectivity index is 1.30. The molecular weight excluding hydrogens is 384 g/mol. The van der Waals surface area contributed by atoms with E-state index in [-0.39, 0.29) is 5.92 Å². The average Bonchev–Trinajstić information content (AvgIpc) is 3.07. The summed E-state index contributed by atoms with van der Waals surface area (Å²) in [7, 11) is 0. The first-order chi connectivity index (χ1) is 15.0. The van der Waals surface area contributed by atoms with Crippen LogP contribution in [0.15, 0.2) is 60.7 Å². The maximum atomic E-state index is 12.2. The molecule has 0 aromatic heterocycles. The minimum atomic E-state index is -0.413. The van der Waals surface area contributed by atoms with Crippen molar-refractivity contribution < 1.29 is 9.53 Å². The zero-order valence-electron chi connectivity index (χ0n) is 17.9. The number of benzene rings is 3. The minimum Gasteiger partial charge on any atom is -0.449 e. The monoisotopic (exact) mass is 410 g/mol. The number of nitrogens with two attached hydrogens (primary N) is 1. The highest BCUT2D eigenvalue weighted by molar-refractivity contribution is 5.79. The second-order valence-corrected chi connectivity index (χ2v) is 7.83. The molecule has 0 aliphatic heterocycles. The molecule has 0 atom stereocenters. The number of anilines is 1. The lowest BCUT2D eigenvalue weighted by atomic mass is 9.98. The van der Waals surface area contributed by atoms with E-state index in [0.717, 1.165) is 22.4 Å². The molecule has 156 valence electrons. The van der Waals surface area contributed by atoms with Gasteiger partial charge in [0, 0.05) is 30.1 Å². The number of fused-ring (bicyclic) bond motifs is 3. The molecule has 0 heterocycles. The Morgan fingerprint density at radius 2 is 1.58 bits per heavy atom. The van der Waals surface area contributed by atoms with Crippen LogP contribution in [0, 0.1) is 25.7 Å². The van der Waals surface area contributed by atoms with Crippen LogP contribution < -0.4 is 11.1 Å². The Bertz CT molecular complexity index is 1120. The molecule has 1 aliphatic rings. The van der Waals surface area contributed by atoms with Gasteiger partial charge in [-0.05, 0) is 59.4 Å². The van der Waals surface area contributed by atoms with Crippen molar-refractivity contribution >= 4 is 11.8 Å². The van der Waals surface area contributed by atoms with Crippen LogP contribution in [-0.4, -0.2) is 19.2 Å². The van der Waals surface area contributed by atoms with E-state index in [1.54, 1.807) is 0 Å². The molecular formula is C27H26N2O2. The number of nitrogens with one attached hydrogen (secondary N) is 1. The number of carbonyl (C=O) groups is 1. The predicted molar refractivity (Wildman–Crippen MR) is 125 cm³/mol. The third kappa shape index (κ3) is 4.41. The van der Waals surface area contributed by atoms with Gasteiger partial charge in [-0.2, -0.15) is 0 Å². The van der Waals surface area contributed by atoms with Crippen molar-refractivity contribution in [1.29, 1.82) is 0 Å². The van der Waals surface area contributed by atoms with E-state index in [2.05, 4.69) is 41.4 Å². The first-order valence-electron chi connectivity index (χ1n) is 10.5. The van der Waals surface area contributed by atoms with Gasteiger partial charge in [0.05, 0.1) is 0 Å². The molecule has 0 saturated carbocycles. The summed E-state index contributed by atoms with van der Waals surface area (Å²) >= 11 is 0. The van der Waals surface area contributed by atoms with E-state index in [1.165, 1.54) is 22.3 Å². The van der Waals surface area contributed by atoms with Crippen molar-refractivity contribution in [2.45, 2.75) is 26.2 Å². The van der Waals surface area contributed by atoms with E-state index in [9.17, 15) is 4.79 Å². The number of amides is 1. The number of ether oxygens (including phenoxy) is 1. The maximum Gasteiger partial charge on any atom is 0.407 e. The van der Waals surface area contributed by atoms with Crippen molar-refractivity contribution in [2.75, 3.05) is 18.9 Å². The molecule has 4 nitrogen and oxygen atoms in total. The highest BCUT2D eigenvalue weighted by Gasteiger charge is 2.28. The van der Waals surface area contributed by atoms with E-state index in [1.807, 2.05) is 50.2 Å². The van der Waals surface area contributed by atoms with Crippen molar-refractivity contribution in [3.63, 3.8) is 0 Å². The first kappa shape index (κ1) is 20.6. The Hall–Kier alpha value is -3.71. The van der Waals surface area contributed by atoms with Crippen molar-refractivity contribution in [1.82, 2.24) is 5.32 Å². The topological polar surface area (TPSA) is 64.3 Å². The van der Waals surface area contributed by atoms with Crippen LogP contribution in [0.25, 0.3) is 11.1 Å². The lowest BCUT2D eigenvalue weighted by Crippen LogP contribution is -2.26. The Labute approximate surface area is 183 Å². The molecule has 0 unspecified atom stereocenters. The number of rotatable bonds is 4. The maximum absolute atomic E-state index is 12.2. The van der Waals surface area contributed by atoms with Crippen LogP contribution in [-0.2, 0) is 4.74 Å². The fourth-order valence-corrected chi connectivity index (χ4v) is 4.22. The van der Waals surface area contributed by atoms with Gasteiger partial charge in [-0.3, -0.25) is 0 Å². The summed E-state index contributed by atoms with van der Waals surface area (Å²) in [5.41, 5.74) is 14.6. The van der Waals surface area contributed by atoms with Crippen LogP contribution in [0.1, 0.15) is 40.2 Å². The average molecular weight is 411 g/mol. The van der Waals surface area contributed by atoms with E-state index in [4.69, 9.17) is 10.5 Å². The standard InChI is InChI=1S/C27H26N2O2/c1-18-15-20(28)16-19(2)21(18)9-7-8-14-29-27(30)31-17-26-24-12-5-3-10-22(24)23-11-4-6-13-25(23)26/h3-6,10-13,15-16,26H,8,14,17,28H2,1-2H3,(H,29,30). The number of hydrogen-bond acceptors (Lipinski definition) is 3. The third-order valence-corrected chi connectivity index (χ3v) is 5.63. The molecule has 1 amide bonds. The lowest BCUT2D eigenvalue weighted by Gasteiger charge is -2.14. The largest absolute Gasteiger partial charge is 0.449 e. The zero-order valence-corrected chi connectivity index (χ0v) is 17.9. The molecule has 4 rings (SSSR count). The first-order valence-corrected chi connectivity index (χ1v) is 10.5. The summed E-state index contributed by atoms with van der Waals surface area (Å²) in [6.45, 7) is 4.76. The van der Waals surface area contributed by atoms with Crippen molar-refractivity contribution in [3.8, 4) is 23.0 Å². The van der Waals surface area contributed by atoms with Gasteiger partial charge in [-0.25, -0.2) is 4.79 Å². The summed E-state index contributed by atoms with van der Waals surface area (Å²) < 4.78 is 5.54. The van der Waals surface area contributed by atoms with Gasteiger partial charge in [0.15, 0.2) is 0 Å². The molecule has 0 saturated heterocycles. The molecule has 4 heteroatoms. The highest BCUT2D eigenvalue weighted by Crippen LogP contribution is 2.44. The second-order valence-electron chi connectivity index (χ2n) is 7.83. The zero-order chi connectivity index (χ0) is 21.8. The third-order valence-electron chi connectivity index (χ3n) is 5.63. The van der Waals surface area contributed by atoms with Crippen molar-refractivity contribution in [3.05, 3.63) is 88.5 Å². The summed E-state index contributed by atoms with van der Waals surface area (Å²) in [6.07, 6.45) is 0.136. The van der Waals surface area contributed by atoms with Gasteiger partial charge >= 0.3 is 6.09 Å². The summed E-state index contributed by atoms with van der Waals surface area (Å²) in [5, 5.41) is 2.80. The fourth-order valence-electron chi connectivity index (χ4n) is 4.22. The summed E-state index contributed by atoms with van der Waals surface area (Å²) in [4.78, 5) is 12.2. The number of hydrogen-bond donors (Lipinski definition) is 2. The SMILES string of the molecule is Cc1cc(N)cc(C)c1C#CCCNC(=O)OCC1c2ccccc2-c2ccccc21. The van der Waals surface area contributed by atoms with Crippen LogP contribution in [0.4, 0.5) is 10.5 Å². The normalized spacial score (nSPS) is 11.8. The van der Waals surface area contributed by atoms with Crippen LogP contribution in [0.3, 0.4) is 0 Å². The number of aryl methyl sites for hydroxylation is 2. The summed E-state index contributed by atoms with van der Waals surface area (Å²) in [6, 6.07) is 20.4. The minimum absolute atomic E-state index is 0.0643. The molecule has 0 fully saturated rings. The van der Waals surface area contributed by atoms with Crippen LogP contribution in [0.2, 0.25) is 0 Å². The summed E-state index contributed by atoms with van der Waals surface area (Å²) in [5.74, 6) is 6.37. The Morgan fingerprint density at radius 1 is 1.00 bits per heavy atom. The van der Waals surface area contributed by atoms with Gasteiger partial charge in [-0.1, -0.05) is 60.4 Å². The predicted octanol–water partition coefficient (Wildman–Crippen LogP) is 5.17. The molecule has 3 N–H and O–H groups in total. The Morgan fingerprint density at radius 3 is 2.19 bits per heavy atom. The van der Waals surface area contributed by atoms with Crippen LogP contribution in [0.5, 0.6) is 0 Å². The van der Waals surface area contributed by atoms with Gasteiger partial charge < -0.3 is 15.8 Å². The van der Waals surface area contributed by atoms with Gasteiger partial charge in [0.2, 0.25) is 0 Å².